The lowest BCUT2D eigenvalue weighted by molar-refractivity contribution is -0.138. The zero-order chi connectivity index (χ0) is 24.2. The minimum atomic E-state index is -4.43. The van der Waals surface area contributed by atoms with Crippen LogP contribution in [0.25, 0.3) is 0 Å². The molecule has 2 heterocycles. The van der Waals surface area contributed by atoms with Crippen LogP contribution >= 0.6 is 11.6 Å². The summed E-state index contributed by atoms with van der Waals surface area (Å²) in [6.07, 6.45) is -2.91. The molecule has 2 atom stereocenters. The van der Waals surface area contributed by atoms with Crippen molar-refractivity contribution in [3.63, 3.8) is 0 Å². The molecule has 1 aliphatic rings. The highest BCUT2D eigenvalue weighted by atomic mass is 35.5. The predicted molar refractivity (Wildman–Crippen MR) is 120 cm³/mol. The number of hydrogen-bond donors (Lipinski definition) is 1. The first kappa shape index (κ1) is 24.8. The minimum absolute atomic E-state index is 0.0802. The van der Waals surface area contributed by atoms with Crippen molar-refractivity contribution in [2.24, 2.45) is 5.92 Å². The van der Waals surface area contributed by atoms with Crippen molar-refractivity contribution in [2.45, 2.75) is 32.5 Å². The Hall–Kier alpha value is -2.81. The number of benzene rings is 1. The Balaban J connectivity index is 1.63. The summed E-state index contributed by atoms with van der Waals surface area (Å²) in [5.41, 5.74) is -0.383. The molecule has 0 aliphatic carbocycles. The molecule has 0 radical (unpaired) electrons. The van der Waals surface area contributed by atoms with Crippen molar-refractivity contribution < 1.29 is 22.8 Å². The molecule has 10 heteroatoms. The fourth-order valence-electron chi connectivity index (χ4n) is 3.60. The summed E-state index contributed by atoms with van der Waals surface area (Å²) in [5, 5.41) is 3.37. The van der Waals surface area contributed by atoms with Gasteiger partial charge in [-0.1, -0.05) is 31.9 Å². The highest BCUT2D eigenvalue weighted by Gasteiger charge is 2.33. The lowest BCUT2D eigenvalue weighted by Crippen LogP contribution is -2.56. The summed E-state index contributed by atoms with van der Waals surface area (Å²) in [6.45, 7) is 5.49. The van der Waals surface area contributed by atoms with Crippen LogP contribution < -0.4 is 10.2 Å². The molecule has 0 spiro atoms. The first-order chi connectivity index (χ1) is 15.6. The average Bonchev–Trinajstić information content (AvgIpc) is 2.81. The minimum Gasteiger partial charge on any atom is -0.353 e. The fraction of sp³-hybridized carbons (Fsp3) is 0.435. The fourth-order valence-corrected chi connectivity index (χ4v) is 3.73. The maximum absolute atomic E-state index is 13.2. The van der Waals surface area contributed by atoms with Crippen molar-refractivity contribution in [2.75, 3.05) is 31.1 Å². The predicted octanol–water partition coefficient (Wildman–Crippen LogP) is 4.25. The zero-order valence-electron chi connectivity index (χ0n) is 18.4. The zero-order valence-corrected chi connectivity index (χ0v) is 19.2. The van der Waals surface area contributed by atoms with Gasteiger partial charge in [-0.15, -0.1) is 0 Å². The molecule has 33 heavy (non-hydrogen) atoms. The van der Waals surface area contributed by atoms with Crippen LogP contribution in [-0.2, 0) is 11.0 Å². The summed E-state index contributed by atoms with van der Waals surface area (Å²) in [6, 6.07) is 8.10. The molecule has 0 bridgehead atoms. The smallest absolute Gasteiger partial charge is 0.353 e. The van der Waals surface area contributed by atoms with Gasteiger partial charge < -0.3 is 15.1 Å². The molecule has 2 aromatic rings. The molecule has 2 amide bonds. The van der Waals surface area contributed by atoms with E-state index in [1.165, 1.54) is 6.07 Å². The molecule has 178 valence electrons. The van der Waals surface area contributed by atoms with E-state index in [1.807, 2.05) is 18.7 Å². The van der Waals surface area contributed by atoms with Gasteiger partial charge in [-0.2, -0.15) is 13.2 Å². The van der Waals surface area contributed by atoms with Crippen LogP contribution in [0.5, 0.6) is 0 Å². The van der Waals surface area contributed by atoms with E-state index in [1.54, 1.807) is 29.2 Å². The molecule has 3 rings (SSSR count). The van der Waals surface area contributed by atoms with E-state index in [-0.39, 0.29) is 17.7 Å². The van der Waals surface area contributed by atoms with E-state index in [0.717, 1.165) is 12.3 Å². The van der Waals surface area contributed by atoms with Crippen LogP contribution in [0, 0.1) is 5.92 Å². The number of rotatable bonds is 6. The monoisotopic (exact) mass is 482 g/mol. The number of carbonyl (C=O) groups is 2. The normalized spacial score (nSPS) is 16.3. The van der Waals surface area contributed by atoms with Gasteiger partial charge in [0.05, 0.1) is 5.56 Å². The number of piperazine rings is 1. The van der Waals surface area contributed by atoms with Gasteiger partial charge in [0.2, 0.25) is 5.91 Å². The molecule has 1 aromatic carbocycles. The summed E-state index contributed by atoms with van der Waals surface area (Å²) >= 11 is 5.88. The van der Waals surface area contributed by atoms with Gasteiger partial charge in [-0.3, -0.25) is 9.59 Å². The third kappa shape index (κ3) is 6.16. The Kier molecular flexibility index (Phi) is 7.84. The SMILES string of the molecule is CC[C@H](C)[C@H](NC(=O)c1ccc(Cl)cc1)C(=O)N1CCN(c2ccc(C(F)(F)F)cn2)CC1. The third-order valence-corrected chi connectivity index (χ3v) is 6.11. The third-order valence-electron chi connectivity index (χ3n) is 5.86. The van der Waals surface area contributed by atoms with Gasteiger partial charge in [-0.25, -0.2) is 4.98 Å². The summed E-state index contributed by atoms with van der Waals surface area (Å²) in [7, 11) is 0. The Bertz CT molecular complexity index is 959. The van der Waals surface area contributed by atoms with Gasteiger partial charge in [0.1, 0.15) is 11.9 Å². The van der Waals surface area contributed by atoms with E-state index in [9.17, 15) is 22.8 Å². The number of nitrogens with one attached hydrogen (secondary N) is 1. The second-order valence-electron chi connectivity index (χ2n) is 8.06. The van der Waals surface area contributed by atoms with Crippen LogP contribution in [0.1, 0.15) is 36.2 Å². The summed E-state index contributed by atoms with van der Waals surface area (Å²) in [5.74, 6) is -0.169. The highest BCUT2D eigenvalue weighted by molar-refractivity contribution is 6.30. The van der Waals surface area contributed by atoms with Crippen molar-refractivity contribution in [3.05, 3.63) is 58.7 Å². The van der Waals surface area contributed by atoms with Crippen LogP contribution in [0.4, 0.5) is 19.0 Å². The number of aromatic nitrogens is 1. The summed E-state index contributed by atoms with van der Waals surface area (Å²) < 4.78 is 38.3. The number of amides is 2. The highest BCUT2D eigenvalue weighted by Crippen LogP contribution is 2.29. The van der Waals surface area contributed by atoms with Gasteiger partial charge in [0.15, 0.2) is 0 Å². The van der Waals surface area contributed by atoms with E-state index in [4.69, 9.17) is 11.6 Å². The Morgan fingerprint density at radius 1 is 1.09 bits per heavy atom. The lowest BCUT2D eigenvalue weighted by Gasteiger charge is -2.38. The second kappa shape index (κ2) is 10.4. The Labute approximate surface area is 195 Å². The first-order valence-corrected chi connectivity index (χ1v) is 11.1. The van der Waals surface area contributed by atoms with Crippen molar-refractivity contribution >= 4 is 29.2 Å². The topological polar surface area (TPSA) is 65.5 Å². The van der Waals surface area contributed by atoms with Crippen LogP contribution in [0.15, 0.2) is 42.6 Å². The number of pyridine rings is 1. The molecule has 1 N–H and O–H groups in total. The van der Waals surface area contributed by atoms with Gasteiger partial charge in [-0.05, 0) is 42.3 Å². The van der Waals surface area contributed by atoms with E-state index in [2.05, 4.69) is 10.3 Å². The van der Waals surface area contributed by atoms with E-state index >= 15 is 0 Å². The van der Waals surface area contributed by atoms with Crippen LogP contribution in [-0.4, -0.2) is 53.9 Å². The number of alkyl halides is 3. The van der Waals surface area contributed by atoms with Crippen LogP contribution in [0.2, 0.25) is 5.02 Å². The standard InChI is InChI=1S/C23H26ClF3N4O2/c1-3-15(2)20(29-21(32)16-4-7-18(24)8-5-16)22(33)31-12-10-30(11-13-31)19-9-6-17(14-28-19)23(25,26)27/h4-9,14-15,20H,3,10-13H2,1-2H3,(H,29,32)/t15-,20-/m0/s1. The van der Waals surface area contributed by atoms with Crippen molar-refractivity contribution in [1.82, 2.24) is 15.2 Å². The largest absolute Gasteiger partial charge is 0.417 e. The maximum atomic E-state index is 13.2. The number of halogens is 4. The average molecular weight is 483 g/mol. The Morgan fingerprint density at radius 2 is 1.73 bits per heavy atom. The molecule has 0 saturated carbocycles. The lowest BCUT2D eigenvalue weighted by atomic mass is 9.97. The van der Waals surface area contributed by atoms with Gasteiger partial charge in [0, 0.05) is 43.0 Å². The molecule has 6 nitrogen and oxygen atoms in total. The second-order valence-corrected chi connectivity index (χ2v) is 8.50. The number of carbonyl (C=O) groups excluding carboxylic acids is 2. The molecule has 1 aromatic heterocycles. The Morgan fingerprint density at radius 3 is 2.24 bits per heavy atom. The molecular formula is C23H26ClF3N4O2. The number of nitrogens with zero attached hydrogens (tertiary/aromatic N) is 3. The quantitative estimate of drug-likeness (QED) is 0.668. The van der Waals surface area contributed by atoms with Crippen molar-refractivity contribution in [3.8, 4) is 0 Å². The molecule has 0 unspecified atom stereocenters. The number of hydrogen-bond acceptors (Lipinski definition) is 4. The first-order valence-electron chi connectivity index (χ1n) is 10.7. The van der Waals surface area contributed by atoms with Crippen LogP contribution in [0.3, 0.4) is 0 Å². The maximum Gasteiger partial charge on any atom is 0.417 e. The van der Waals surface area contributed by atoms with Gasteiger partial charge >= 0.3 is 6.18 Å². The molecule has 1 aliphatic heterocycles. The van der Waals surface area contributed by atoms with E-state index in [0.29, 0.717) is 49.0 Å². The molecule has 1 fully saturated rings. The molecule has 1 saturated heterocycles. The number of anilines is 1. The summed E-state index contributed by atoms with van der Waals surface area (Å²) in [4.78, 5) is 33.4. The van der Waals surface area contributed by atoms with E-state index < -0.39 is 17.8 Å². The molecular weight excluding hydrogens is 457 g/mol. The van der Waals surface area contributed by atoms with Gasteiger partial charge in [0.25, 0.3) is 5.91 Å². The van der Waals surface area contributed by atoms with Crippen molar-refractivity contribution in [1.29, 1.82) is 0 Å².